The van der Waals surface area contributed by atoms with Gasteiger partial charge < -0.3 is 15.2 Å². The summed E-state index contributed by atoms with van der Waals surface area (Å²) in [5, 5.41) is 26.3. The lowest BCUT2D eigenvalue weighted by molar-refractivity contribution is 0.0696. The number of carboxylic acid groups (broad SMARTS) is 1. The van der Waals surface area contributed by atoms with Gasteiger partial charge in [-0.25, -0.2) is 4.79 Å². The maximum atomic E-state index is 10.5. The van der Waals surface area contributed by atoms with E-state index < -0.39 is 13.1 Å². The molecule has 0 aromatic heterocycles. The normalized spacial score (nSPS) is 9.71. The summed E-state index contributed by atoms with van der Waals surface area (Å²) in [5.41, 5.74) is 9.23. The van der Waals surface area contributed by atoms with Gasteiger partial charge in [0.1, 0.15) is 0 Å². The van der Waals surface area contributed by atoms with Crippen molar-refractivity contribution in [2.75, 3.05) is 0 Å². The zero-order chi connectivity index (χ0) is 23.7. The molecule has 0 saturated carbocycles. The molecule has 0 bridgehead atoms. The first kappa shape index (κ1) is 26.2. The molecule has 0 spiro atoms. The van der Waals surface area contributed by atoms with Crippen molar-refractivity contribution >= 4 is 18.6 Å². The Bertz CT molecular complexity index is 1030. The first-order chi connectivity index (χ1) is 14.4. The topological polar surface area (TPSA) is 77.8 Å². The van der Waals surface area contributed by atoms with Crippen LogP contribution in [0.3, 0.4) is 0 Å². The molecule has 0 saturated heterocycles. The van der Waals surface area contributed by atoms with Crippen molar-refractivity contribution in [3.05, 3.63) is 99.1 Å². The molecular weight excluding hydrogens is 387 g/mol. The van der Waals surface area contributed by atoms with Crippen LogP contribution < -0.4 is 5.46 Å². The van der Waals surface area contributed by atoms with Crippen LogP contribution in [0, 0.1) is 48.5 Å². The molecule has 164 valence electrons. The number of aromatic carboxylic acids is 1. The van der Waals surface area contributed by atoms with Crippen molar-refractivity contribution in [2.45, 2.75) is 48.5 Å². The maximum absolute atomic E-state index is 10.5. The predicted molar refractivity (Wildman–Crippen MR) is 129 cm³/mol. The van der Waals surface area contributed by atoms with Crippen LogP contribution in [0.25, 0.3) is 0 Å². The Balaban J connectivity index is 0.000000234. The number of hydrogen-bond donors (Lipinski definition) is 3. The Hall–Kier alpha value is -2.89. The van der Waals surface area contributed by atoms with Gasteiger partial charge in [-0.15, -0.1) is 0 Å². The second kappa shape index (κ2) is 12.1. The Morgan fingerprint density at radius 2 is 1.06 bits per heavy atom. The van der Waals surface area contributed by atoms with E-state index in [1.165, 1.54) is 16.7 Å². The summed E-state index contributed by atoms with van der Waals surface area (Å²) >= 11 is 0. The number of carbonyl (C=O) groups is 1. The van der Waals surface area contributed by atoms with Crippen molar-refractivity contribution in [1.82, 2.24) is 0 Å². The molecule has 0 heterocycles. The number of rotatable bonds is 2. The van der Waals surface area contributed by atoms with Crippen molar-refractivity contribution in [3.63, 3.8) is 0 Å². The van der Waals surface area contributed by atoms with Gasteiger partial charge in [-0.05, 0) is 88.3 Å². The van der Waals surface area contributed by atoms with Crippen LogP contribution in [0.1, 0.15) is 49.3 Å². The minimum absolute atomic E-state index is 0.355. The second-order valence-corrected chi connectivity index (χ2v) is 7.93. The van der Waals surface area contributed by atoms with Gasteiger partial charge in [-0.3, -0.25) is 0 Å². The lowest BCUT2D eigenvalue weighted by Crippen LogP contribution is -2.31. The molecule has 0 aliphatic carbocycles. The molecular formula is C26H33BO4. The molecule has 0 unspecified atom stereocenters. The molecule has 3 rings (SSSR count). The van der Waals surface area contributed by atoms with E-state index in [9.17, 15) is 4.79 Å². The summed E-state index contributed by atoms with van der Waals surface area (Å²) in [5.74, 6) is -0.867. The first-order valence-corrected chi connectivity index (χ1v) is 10.2. The smallest absolute Gasteiger partial charge is 0.478 e. The van der Waals surface area contributed by atoms with E-state index >= 15 is 0 Å². The summed E-state index contributed by atoms with van der Waals surface area (Å²) in [7, 11) is -1.35. The number of hydrogen-bond acceptors (Lipinski definition) is 3. The third-order valence-electron chi connectivity index (χ3n) is 5.12. The van der Waals surface area contributed by atoms with Crippen LogP contribution in [-0.4, -0.2) is 28.2 Å². The van der Waals surface area contributed by atoms with Crippen molar-refractivity contribution in [3.8, 4) is 0 Å². The highest BCUT2D eigenvalue weighted by Crippen LogP contribution is 2.09. The number of benzene rings is 3. The van der Waals surface area contributed by atoms with Gasteiger partial charge in [0, 0.05) is 0 Å². The Morgan fingerprint density at radius 3 is 1.45 bits per heavy atom. The van der Waals surface area contributed by atoms with E-state index in [1.54, 1.807) is 18.2 Å². The minimum atomic E-state index is -1.35. The largest absolute Gasteiger partial charge is 0.488 e. The van der Waals surface area contributed by atoms with Crippen LogP contribution in [0.4, 0.5) is 0 Å². The maximum Gasteiger partial charge on any atom is 0.488 e. The van der Waals surface area contributed by atoms with Gasteiger partial charge in [0.2, 0.25) is 0 Å². The van der Waals surface area contributed by atoms with Crippen LogP contribution in [0.15, 0.2) is 54.6 Å². The van der Waals surface area contributed by atoms with Gasteiger partial charge in [-0.1, -0.05) is 59.2 Å². The molecule has 0 atom stereocenters. The zero-order valence-electron chi connectivity index (χ0n) is 19.5. The lowest BCUT2D eigenvalue weighted by atomic mass is 9.77. The molecule has 0 fully saturated rings. The molecule has 5 heteroatoms. The summed E-state index contributed by atoms with van der Waals surface area (Å²) in [4.78, 5) is 10.5. The molecule has 3 aromatic carbocycles. The highest BCUT2D eigenvalue weighted by atomic mass is 16.4. The average molecular weight is 420 g/mol. The van der Waals surface area contributed by atoms with Crippen LogP contribution in [0.2, 0.25) is 0 Å². The monoisotopic (exact) mass is 420 g/mol. The van der Waals surface area contributed by atoms with Crippen LogP contribution >= 0.6 is 0 Å². The molecule has 4 nitrogen and oxygen atoms in total. The summed E-state index contributed by atoms with van der Waals surface area (Å²) in [6.07, 6.45) is 0. The van der Waals surface area contributed by atoms with Crippen LogP contribution in [0.5, 0.6) is 0 Å². The van der Waals surface area contributed by atoms with Gasteiger partial charge in [0.15, 0.2) is 0 Å². The molecule has 0 radical (unpaired) electrons. The Labute approximate surface area is 186 Å². The Morgan fingerprint density at radius 1 is 0.613 bits per heavy atom. The molecule has 0 aliphatic heterocycles. The van der Waals surface area contributed by atoms with E-state index in [0.29, 0.717) is 11.0 Å². The van der Waals surface area contributed by atoms with Gasteiger partial charge in [-0.2, -0.15) is 0 Å². The van der Waals surface area contributed by atoms with Gasteiger partial charge in [0.25, 0.3) is 0 Å². The van der Waals surface area contributed by atoms with Gasteiger partial charge >= 0.3 is 13.1 Å². The quantitative estimate of drug-likeness (QED) is 0.530. The third kappa shape index (κ3) is 8.79. The molecule has 0 amide bonds. The third-order valence-corrected chi connectivity index (χ3v) is 5.12. The average Bonchev–Trinajstić information content (AvgIpc) is 2.67. The fourth-order valence-electron chi connectivity index (χ4n) is 2.88. The summed E-state index contributed by atoms with van der Waals surface area (Å²) in [6, 6.07) is 17.1. The van der Waals surface area contributed by atoms with E-state index in [-0.39, 0.29) is 0 Å². The SMILES string of the molecule is Cc1ccc(B(O)O)c(C)c1.Cc1ccc(C(=O)O)cc1C.Cc1ccc(C)c(C)c1. The van der Waals surface area contributed by atoms with E-state index in [4.69, 9.17) is 15.2 Å². The van der Waals surface area contributed by atoms with E-state index in [1.807, 2.05) is 45.9 Å². The van der Waals surface area contributed by atoms with Crippen LogP contribution in [-0.2, 0) is 0 Å². The fourth-order valence-corrected chi connectivity index (χ4v) is 2.88. The first-order valence-electron chi connectivity index (χ1n) is 10.2. The van der Waals surface area contributed by atoms with Crippen molar-refractivity contribution < 1.29 is 19.9 Å². The summed E-state index contributed by atoms with van der Waals surface area (Å²) in [6.45, 7) is 14.1. The lowest BCUT2D eigenvalue weighted by Gasteiger charge is -2.04. The Kier molecular flexibility index (Phi) is 10.2. The molecule has 31 heavy (non-hydrogen) atoms. The molecule has 0 aliphatic rings. The standard InChI is InChI=1S/C9H10O2.C9H12.C8H11BO2/c1-6-3-4-8(9(10)11)5-7(6)2;1-7-4-5-8(2)9(3)6-7;1-6-3-4-8(9(10)11)7(2)5-6/h3-5H,1-2H3,(H,10,11);4-6H,1-3H3;3-5,10-11H,1-2H3. The molecule has 3 N–H and O–H groups in total. The number of carboxylic acids is 1. The highest BCUT2D eigenvalue weighted by molar-refractivity contribution is 6.59. The predicted octanol–water partition coefficient (Wildman–Crippen LogP) is 4.60. The van der Waals surface area contributed by atoms with E-state index in [0.717, 1.165) is 22.3 Å². The molecule has 3 aromatic rings. The summed E-state index contributed by atoms with van der Waals surface area (Å²) < 4.78 is 0. The minimum Gasteiger partial charge on any atom is -0.478 e. The highest BCUT2D eigenvalue weighted by Gasteiger charge is 2.12. The van der Waals surface area contributed by atoms with Crippen molar-refractivity contribution in [2.24, 2.45) is 0 Å². The van der Waals surface area contributed by atoms with Gasteiger partial charge in [0.05, 0.1) is 5.56 Å². The second-order valence-electron chi connectivity index (χ2n) is 7.93. The fraction of sp³-hybridized carbons (Fsp3) is 0.269. The zero-order valence-corrected chi connectivity index (χ0v) is 19.5. The number of aryl methyl sites for hydroxylation is 7. The van der Waals surface area contributed by atoms with E-state index in [2.05, 4.69) is 39.0 Å². The van der Waals surface area contributed by atoms with Crippen molar-refractivity contribution in [1.29, 1.82) is 0 Å².